The Hall–Kier alpha value is -3.16. The van der Waals surface area contributed by atoms with Gasteiger partial charge in [0.2, 0.25) is 5.91 Å². The van der Waals surface area contributed by atoms with Crippen molar-refractivity contribution in [2.24, 2.45) is 0 Å². The normalized spacial score (nSPS) is 13.7. The smallest absolute Gasteiger partial charge is 0.253 e. The Balaban J connectivity index is 1.28. The number of hydrogen-bond donors (Lipinski definition) is 1. The lowest BCUT2D eigenvalue weighted by molar-refractivity contribution is -0.130. The lowest BCUT2D eigenvalue weighted by Crippen LogP contribution is -2.51. The number of aromatic nitrogens is 2. The summed E-state index contributed by atoms with van der Waals surface area (Å²) < 4.78 is 0. The van der Waals surface area contributed by atoms with Crippen molar-refractivity contribution in [2.75, 3.05) is 37.6 Å². The number of carbonyl (C=O) groups excluding carboxylic acids is 2. The molecule has 4 rings (SSSR count). The van der Waals surface area contributed by atoms with Gasteiger partial charge in [-0.05, 0) is 30.3 Å². The Kier molecular flexibility index (Phi) is 6.87. The standard InChI is InChI=1S/C23H21Cl2N5O2/c24-17-6-7-18(19(25)14-17)23(32)26-15-22(31)30-12-10-29(11-13-30)21-9-8-20(27-28-21)16-4-2-1-3-5-16/h1-9,14H,10-13,15H2,(H,26,32). The monoisotopic (exact) mass is 469 g/mol. The summed E-state index contributed by atoms with van der Waals surface area (Å²) in [6, 6.07) is 18.4. The van der Waals surface area contributed by atoms with Crippen molar-refractivity contribution >= 4 is 40.8 Å². The van der Waals surface area contributed by atoms with Crippen LogP contribution in [0.25, 0.3) is 11.3 Å². The first kappa shape index (κ1) is 22.0. The Bertz CT molecular complexity index is 1100. The summed E-state index contributed by atoms with van der Waals surface area (Å²) in [7, 11) is 0. The minimum absolute atomic E-state index is 0.0939. The number of nitrogens with one attached hydrogen (secondary N) is 1. The van der Waals surface area contributed by atoms with Crippen LogP contribution in [0.1, 0.15) is 10.4 Å². The van der Waals surface area contributed by atoms with E-state index in [4.69, 9.17) is 23.2 Å². The van der Waals surface area contributed by atoms with E-state index < -0.39 is 5.91 Å². The molecule has 1 aliphatic rings. The van der Waals surface area contributed by atoms with Gasteiger partial charge in [0.1, 0.15) is 0 Å². The average Bonchev–Trinajstić information content (AvgIpc) is 2.83. The number of piperazine rings is 1. The molecule has 3 aromatic rings. The molecule has 1 N–H and O–H groups in total. The van der Waals surface area contributed by atoms with Crippen LogP contribution in [0.5, 0.6) is 0 Å². The molecular weight excluding hydrogens is 449 g/mol. The third-order valence-electron chi connectivity index (χ3n) is 5.25. The average molecular weight is 470 g/mol. The van der Waals surface area contributed by atoms with Gasteiger partial charge in [0.25, 0.3) is 5.91 Å². The highest BCUT2D eigenvalue weighted by molar-refractivity contribution is 6.36. The number of nitrogens with zero attached hydrogens (tertiary/aromatic N) is 4. The zero-order valence-electron chi connectivity index (χ0n) is 17.2. The third kappa shape index (κ3) is 5.18. The van der Waals surface area contributed by atoms with Gasteiger partial charge in [-0.15, -0.1) is 10.2 Å². The number of benzene rings is 2. The molecule has 0 spiro atoms. The fourth-order valence-corrected chi connectivity index (χ4v) is 3.97. The summed E-state index contributed by atoms with van der Waals surface area (Å²) in [5, 5.41) is 12.0. The molecule has 164 valence electrons. The Labute approximate surface area is 196 Å². The van der Waals surface area contributed by atoms with Crippen LogP contribution in [0.15, 0.2) is 60.7 Å². The van der Waals surface area contributed by atoms with Gasteiger partial charge in [-0.25, -0.2) is 0 Å². The molecule has 1 saturated heterocycles. The molecule has 0 radical (unpaired) electrons. The predicted octanol–water partition coefficient (Wildman–Crippen LogP) is 3.53. The molecular formula is C23H21Cl2N5O2. The van der Waals surface area contributed by atoms with Crippen molar-refractivity contribution in [3.63, 3.8) is 0 Å². The van der Waals surface area contributed by atoms with Crippen molar-refractivity contribution in [1.29, 1.82) is 0 Å². The van der Waals surface area contributed by atoms with Crippen LogP contribution in [-0.2, 0) is 4.79 Å². The maximum absolute atomic E-state index is 12.5. The third-order valence-corrected chi connectivity index (χ3v) is 5.80. The molecule has 0 atom stereocenters. The molecule has 1 aliphatic heterocycles. The molecule has 2 heterocycles. The number of hydrogen-bond acceptors (Lipinski definition) is 5. The van der Waals surface area contributed by atoms with Crippen LogP contribution in [-0.4, -0.2) is 59.6 Å². The van der Waals surface area contributed by atoms with Gasteiger partial charge in [0.15, 0.2) is 5.82 Å². The Morgan fingerprint density at radius 1 is 0.906 bits per heavy atom. The van der Waals surface area contributed by atoms with Crippen LogP contribution in [0.3, 0.4) is 0 Å². The summed E-state index contributed by atoms with van der Waals surface area (Å²) in [5.74, 6) is 0.225. The lowest BCUT2D eigenvalue weighted by atomic mass is 10.1. The van der Waals surface area contributed by atoms with Crippen molar-refractivity contribution in [3.05, 3.63) is 76.3 Å². The Morgan fingerprint density at radius 2 is 1.66 bits per heavy atom. The molecule has 1 aromatic heterocycles. The predicted molar refractivity (Wildman–Crippen MR) is 125 cm³/mol. The van der Waals surface area contributed by atoms with E-state index in [1.165, 1.54) is 12.1 Å². The first-order valence-electron chi connectivity index (χ1n) is 10.2. The molecule has 0 unspecified atom stereocenters. The van der Waals surface area contributed by atoms with Crippen molar-refractivity contribution < 1.29 is 9.59 Å². The highest BCUT2D eigenvalue weighted by atomic mass is 35.5. The molecule has 0 bridgehead atoms. The second-order valence-electron chi connectivity index (χ2n) is 7.32. The van der Waals surface area contributed by atoms with Gasteiger partial charge >= 0.3 is 0 Å². The molecule has 1 fully saturated rings. The Morgan fingerprint density at radius 3 is 2.31 bits per heavy atom. The van der Waals surface area contributed by atoms with Gasteiger partial charge in [-0.2, -0.15) is 0 Å². The largest absolute Gasteiger partial charge is 0.352 e. The van der Waals surface area contributed by atoms with Crippen LogP contribution in [0, 0.1) is 0 Å². The number of carbonyl (C=O) groups is 2. The second-order valence-corrected chi connectivity index (χ2v) is 8.16. The van der Waals surface area contributed by atoms with E-state index in [0.717, 1.165) is 17.1 Å². The topological polar surface area (TPSA) is 78.4 Å². The number of halogens is 2. The molecule has 9 heteroatoms. The zero-order valence-corrected chi connectivity index (χ0v) is 18.7. The summed E-state index contributed by atoms with van der Waals surface area (Å²) in [6.07, 6.45) is 0. The number of anilines is 1. The van der Waals surface area contributed by atoms with E-state index in [1.54, 1.807) is 11.0 Å². The minimum atomic E-state index is -0.410. The van der Waals surface area contributed by atoms with Gasteiger partial charge < -0.3 is 15.1 Å². The SMILES string of the molecule is O=C(NCC(=O)N1CCN(c2ccc(-c3ccccc3)nn2)CC1)c1ccc(Cl)cc1Cl. The summed E-state index contributed by atoms with van der Waals surface area (Å²) in [6.45, 7) is 2.27. The van der Waals surface area contributed by atoms with E-state index in [2.05, 4.69) is 20.4 Å². The van der Waals surface area contributed by atoms with Crippen LogP contribution in [0.4, 0.5) is 5.82 Å². The molecule has 2 aromatic carbocycles. The fraction of sp³-hybridized carbons (Fsp3) is 0.217. The highest BCUT2D eigenvalue weighted by Crippen LogP contribution is 2.21. The summed E-state index contributed by atoms with van der Waals surface area (Å²) >= 11 is 11.9. The molecule has 32 heavy (non-hydrogen) atoms. The van der Waals surface area contributed by atoms with E-state index in [0.29, 0.717) is 31.2 Å². The first-order chi connectivity index (χ1) is 15.5. The van der Waals surface area contributed by atoms with Gasteiger partial charge in [-0.1, -0.05) is 53.5 Å². The summed E-state index contributed by atoms with van der Waals surface area (Å²) in [5.41, 5.74) is 2.12. The van der Waals surface area contributed by atoms with Gasteiger partial charge in [0, 0.05) is 36.8 Å². The zero-order chi connectivity index (χ0) is 22.5. The molecule has 7 nitrogen and oxygen atoms in total. The van der Waals surface area contributed by atoms with Crippen molar-refractivity contribution in [3.8, 4) is 11.3 Å². The molecule has 2 amide bonds. The van der Waals surface area contributed by atoms with E-state index in [1.807, 2.05) is 42.5 Å². The van der Waals surface area contributed by atoms with Crippen LogP contribution in [0.2, 0.25) is 10.0 Å². The quantitative estimate of drug-likeness (QED) is 0.618. The number of rotatable bonds is 5. The van der Waals surface area contributed by atoms with E-state index in [9.17, 15) is 9.59 Å². The second kappa shape index (κ2) is 9.97. The molecule has 0 aliphatic carbocycles. The van der Waals surface area contributed by atoms with E-state index in [-0.39, 0.29) is 23.0 Å². The fourth-order valence-electron chi connectivity index (χ4n) is 3.48. The maximum Gasteiger partial charge on any atom is 0.253 e. The minimum Gasteiger partial charge on any atom is -0.352 e. The van der Waals surface area contributed by atoms with Crippen LogP contribution >= 0.6 is 23.2 Å². The van der Waals surface area contributed by atoms with Gasteiger partial charge in [0.05, 0.1) is 22.8 Å². The first-order valence-corrected chi connectivity index (χ1v) is 10.9. The maximum atomic E-state index is 12.5. The van der Waals surface area contributed by atoms with Crippen LogP contribution < -0.4 is 10.2 Å². The highest BCUT2D eigenvalue weighted by Gasteiger charge is 2.23. The lowest BCUT2D eigenvalue weighted by Gasteiger charge is -2.35. The van der Waals surface area contributed by atoms with Crippen molar-refractivity contribution in [2.45, 2.75) is 0 Å². The number of amides is 2. The van der Waals surface area contributed by atoms with Gasteiger partial charge in [-0.3, -0.25) is 9.59 Å². The molecule has 0 saturated carbocycles. The summed E-state index contributed by atoms with van der Waals surface area (Å²) in [4.78, 5) is 28.6. The van der Waals surface area contributed by atoms with E-state index >= 15 is 0 Å². The van der Waals surface area contributed by atoms with Crippen molar-refractivity contribution in [1.82, 2.24) is 20.4 Å².